The Balaban J connectivity index is 2.17. The van der Waals surface area contributed by atoms with E-state index in [-0.39, 0.29) is 0 Å². The molecule has 0 heterocycles. The molecule has 3 atom stereocenters. The molecule has 0 fully saturated rings. The quantitative estimate of drug-likeness (QED) is 0.641. The fraction of sp³-hybridized carbons (Fsp3) is 0.750. The van der Waals surface area contributed by atoms with Crippen molar-refractivity contribution in [2.75, 3.05) is 20.1 Å². The summed E-state index contributed by atoms with van der Waals surface area (Å²) >= 11 is 0. The summed E-state index contributed by atoms with van der Waals surface area (Å²) in [7, 11) is 2.21. The van der Waals surface area contributed by atoms with Gasteiger partial charge in [-0.25, -0.2) is 0 Å². The smallest absolute Gasteiger partial charge is 0.00194 e. The average molecular weight is 235 g/mol. The van der Waals surface area contributed by atoms with Crippen molar-refractivity contribution in [2.45, 2.75) is 40.0 Å². The van der Waals surface area contributed by atoms with Gasteiger partial charge in [0.2, 0.25) is 0 Å². The topological polar surface area (TPSA) is 3.24 Å². The lowest BCUT2D eigenvalue weighted by molar-refractivity contribution is 0.303. The van der Waals surface area contributed by atoms with E-state index in [0.717, 1.165) is 17.8 Å². The minimum Gasteiger partial charge on any atom is -0.307 e. The molecule has 0 N–H and O–H groups in total. The molecule has 0 aromatic rings. The Kier molecular flexibility index (Phi) is 6.57. The van der Waals surface area contributed by atoms with E-state index in [0.29, 0.717) is 0 Å². The molecular formula is C16H29N. The Morgan fingerprint density at radius 2 is 1.88 bits per heavy atom. The monoisotopic (exact) mass is 235 g/mol. The highest BCUT2D eigenvalue weighted by atomic mass is 15.1. The zero-order valence-electron chi connectivity index (χ0n) is 12.0. The third-order valence-corrected chi connectivity index (χ3v) is 4.10. The van der Waals surface area contributed by atoms with Gasteiger partial charge in [-0.1, -0.05) is 51.5 Å². The normalized spacial score (nSPS) is 25.5. The van der Waals surface area contributed by atoms with Crippen molar-refractivity contribution in [1.82, 2.24) is 4.90 Å². The summed E-state index contributed by atoms with van der Waals surface area (Å²) in [5.74, 6) is 2.35. The van der Waals surface area contributed by atoms with Gasteiger partial charge in [-0.3, -0.25) is 0 Å². The molecule has 0 aromatic carbocycles. The molecule has 0 saturated carbocycles. The molecule has 1 heteroatoms. The number of allylic oxidation sites excluding steroid dienone is 4. The van der Waals surface area contributed by atoms with E-state index in [1.165, 1.54) is 32.4 Å². The summed E-state index contributed by atoms with van der Waals surface area (Å²) in [6, 6.07) is 0. The van der Waals surface area contributed by atoms with E-state index in [1.807, 2.05) is 0 Å². The number of nitrogens with zero attached hydrogens (tertiary/aromatic N) is 1. The molecule has 0 bridgehead atoms. The largest absolute Gasteiger partial charge is 0.307 e. The van der Waals surface area contributed by atoms with Gasteiger partial charge in [0.1, 0.15) is 0 Å². The van der Waals surface area contributed by atoms with Crippen LogP contribution in [-0.4, -0.2) is 25.0 Å². The van der Waals surface area contributed by atoms with E-state index in [9.17, 15) is 0 Å². The molecule has 1 aliphatic rings. The lowest BCUT2D eigenvalue weighted by Gasteiger charge is -2.23. The predicted octanol–water partition coefficient (Wildman–Crippen LogP) is 4.12. The van der Waals surface area contributed by atoms with Gasteiger partial charge in [-0.2, -0.15) is 0 Å². The van der Waals surface area contributed by atoms with Crippen molar-refractivity contribution < 1.29 is 0 Å². The van der Waals surface area contributed by atoms with Crippen molar-refractivity contribution in [3.63, 3.8) is 0 Å². The first-order valence-electron chi connectivity index (χ1n) is 7.17. The van der Waals surface area contributed by atoms with Crippen molar-refractivity contribution >= 4 is 0 Å². The number of hydrogen-bond acceptors (Lipinski definition) is 1. The Hall–Kier alpha value is -0.560. The Morgan fingerprint density at radius 1 is 1.18 bits per heavy atom. The highest BCUT2D eigenvalue weighted by Gasteiger charge is 2.15. The van der Waals surface area contributed by atoms with Crippen LogP contribution in [-0.2, 0) is 0 Å². The second kappa shape index (κ2) is 7.71. The first-order chi connectivity index (χ1) is 8.13. The molecule has 0 spiro atoms. The minimum absolute atomic E-state index is 0.727. The van der Waals surface area contributed by atoms with Gasteiger partial charge < -0.3 is 4.90 Å². The fourth-order valence-electron chi connectivity index (χ4n) is 2.34. The van der Waals surface area contributed by atoms with Crippen LogP contribution in [0, 0.1) is 17.8 Å². The van der Waals surface area contributed by atoms with Gasteiger partial charge in [0, 0.05) is 0 Å². The van der Waals surface area contributed by atoms with Crippen LogP contribution in [0.4, 0.5) is 0 Å². The summed E-state index contributed by atoms with van der Waals surface area (Å²) in [4.78, 5) is 2.41. The Bertz CT molecular complexity index is 254. The zero-order chi connectivity index (χ0) is 12.7. The first kappa shape index (κ1) is 14.5. The lowest BCUT2D eigenvalue weighted by atomic mass is 9.84. The van der Waals surface area contributed by atoms with Gasteiger partial charge in [-0.15, -0.1) is 0 Å². The van der Waals surface area contributed by atoms with Gasteiger partial charge in [-0.05, 0) is 50.7 Å². The van der Waals surface area contributed by atoms with E-state index in [1.54, 1.807) is 0 Å². The SMILES string of the molecule is CCN(C)CCC(C)CCC1C=CC=CC1C. The third-order valence-electron chi connectivity index (χ3n) is 4.10. The van der Waals surface area contributed by atoms with Crippen molar-refractivity contribution in [3.05, 3.63) is 24.3 Å². The second-order valence-corrected chi connectivity index (χ2v) is 5.66. The zero-order valence-corrected chi connectivity index (χ0v) is 12.0. The molecule has 0 saturated heterocycles. The van der Waals surface area contributed by atoms with Crippen LogP contribution in [0.15, 0.2) is 24.3 Å². The molecule has 0 aromatic heterocycles. The molecule has 17 heavy (non-hydrogen) atoms. The number of rotatable bonds is 7. The molecule has 3 unspecified atom stereocenters. The average Bonchev–Trinajstić information content (AvgIpc) is 2.35. The summed E-state index contributed by atoms with van der Waals surface area (Å²) in [5, 5.41) is 0. The highest BCUT2D eigenvalue weighted by Crippen LogP contribution is 2.26. The molecule has 98 valence electrons. The maximum atomic E-state index is 2.41. The van der Waals surface area contributed by atoms with Crippen molar-refractivity contribution in [2.24, 2.45) is 17.8 Å². The summed E-state index contributed by atoms with van der Waals surface area (Å²) in [6.07, 6.45) is 13.2. The fourth-order valence-corrected chi connectivity index (χ4v) is 2.34. The molecule has 0 radical (unpaired) electrons. The van der Waals surface area contributed by atoms with E-state index < -0.39 is 0 Å². The molecular weight excluding hydrogens is 206 g/mol. The van der Waals surface area contributed by atoms with Crippen LogP contribution in [0.3, 0.4) is 0 Å². The van der Waals surface area contributed by atoms with Gasteiger partial charge in [0.25, 0.3) is 0 Å². The standard InChI is InChI=1S/C16H29N/c1-5-17(4)13-12-14(2)10-11-16-9-7-6-8-15(16)3/h6-9,14-16H,5,10-13H2,1-4H3. The molecule has 1 rings (SSSR count). The predicted molar refractivity (Wildman–Crippen MR) is 77.1 cm³/mol. The summed E-state index contributed by atoms with van der Waals surface area (Å²) in [6.45, 7) is 9.37. The molecule has 0 aliphatic heterocycles. The van der Waals surface area contributed by atoms with Crippen LogP contribution >= 0.6 is 0 Å². The van der Waals surface area contributed by atoms with E-state index in [2.05, 4.69) is 57.0 Å². The Morgan fingerprint density at radius 3 is 2.53 bits per heavy atom. The van der Waals surface area contributed by atoms with Crippen LogP contribution in [0.5, 0.6) is 0 Å². The van der Waals surface area contributed by atoms with E-state index >= 15 is 0 Å². The minimum atomic E-state index is 0.727. The molecule has 1 aliphatic carbocycles. The third kappa shape index (κ3) is 5.54. The molecule has 1 nitrogen and oxygen atoms in total. The summed E-state index contributed by atoms with van der Waals surface area (Å²) in [5.41, 5.74) is 0. The highest BCUT2D eigenvalue weighted by molar-refractivity contribution is 5.13. The van der Waals surface area contributed by atoms with E-state index in [4.69, 9.17) is 0 Å². The van der Waals surface area contributed by atoms with Crippen LogP contribution in [0.2, 0.25) is 0 Å². The first-order valence-corrected chi connectivity index (χ1v) is 7.17. The maximum absolute atomic E-state index is 2.41. The summed E-state index contributed by atoms with van der Waals surface area (Å²) < 4.78 is 0. The maximum Gasteiger partial charge on any atom is -0.00194 e. The van der Waals surface area contributed by atoms with Gasteiger partial charge in [0.15, 0.2) is 0 Å². The van der Waals surface area contributed by atoms with Gasteiger partial charge >= 0.3 is 0 Å². The van der Waals surface area contributed by atoms with Crippen molar-refractivity contribution in [1.29, 1.82) is 0 Å². The number of hydrogen-bond donors (Lipinski definition) is 0. The van der Waals surface area contributed by atoms with Crippen LogP contribution in [0.25, 0.3) is 0 Å². The van der Waals surface area contributed by atoms with Crippen LogP contribution in [0.1, 0.15) is 40.0 Å². The van der Waals surface area contributed by atoms with Crippen LogP contribution < -0.4 is 0 Å². The Labute approximate surface area is 108 Å². The van der Waals surface area contributed by atoms with Gasteiger partial charge in [0.05, 0.1) is 0 Å². The van der Waals surface area contributed by atoms with Crippen molar-refractivity contribution in [3.8, 4) is 0 Å². The molecule has 0 amide bonds. The second-order valence-electron chi connectivity index (χ2n) is 5.66. The lowest BCUT2D eigenvalue weighted by Crippen LogP contribution is -2.21.